The first-order valence-electron chi connectivity index (χ1n) is 4.78. The van der Waals surface area contributed by atoms with Gasteiger partial charge in [-0.25, -0.2) is 4.98 Å². The summed E-state index contributed by atoms with van der Waals surface area (Å²) in [5, 5.41) is 3.78. The Balaban J connectivity index is 2.43. The molecule has 2 rings (SSSR count). The Kier molecular flexibility index (Phi) is 3.05. The molecule has 6 heteroatoms. The zero-order chi connectivity index (χ0) is 12.1. The Morgan fingerprint density at radius 2 is 2.41 bits per heavy atom. The van der Waals surface area contributed by atoms with Gasteiger partial charge in [-0.1, -0.05) is 17.0 Å². The van der Waals surface area contributed by atoms with Crippen molar-refractivity contribution in [3.63, 3.8) is 0 Å². The van der Waals surface area contributed by atoms with Crippen molar-refractivity contribution in [2.45, 2.75) is 0 Å². The number of rotatable bonds is 1. The summed E-state index contributed by atoms with van der Waals surface area (Å²) in [6.07, 6.45) is 1.36. The lowest BCUT2D eigenvalue weighted by Crippen LogP contribution is -2.06. The largest absolute Gasteiger partial charge is 0.313 e. The van der Waals surface area contributed by atoms with Crippen LogP contribution < -0.4 is 5.56 Å². The van der Waals surface area contributed by atoms with E-state index < -0.39 is 0 Å². The molecule has 1 aromatic carbocycles. The molecule has 6 nitrogen and oxygen atoms in total. The Hall–Kier alpha value is -2.77. The fourth-order valence-electron chi connectivity index (χ4n) is 1.36. The van der Waals surface area contributed by atoms with Crippen LogP contribution in [0.25, 0.3) is 21.3 Å². The van der Waals surface area contributed by atoms with Crippen LogP contribution in [0.4, 0.5) is 0 Å². The Morgan fingerprint density at radius 1 is 1.53 bits per heavy atom. The van der Waals surface area contributed by atoms with Crippen molar-refractivity contribution in [3.05, 3.63) is 50.9 Å². The smallest absolute Gasteiger partial charge is 0.258 e. The second-order valence-electron chi connectivity index (χ2n) is 3.15. The minimum absolute atomic E-state index is 0.109. The average molecular weight is 225 g/mol. The number of fused-ring (bicyclic) bond motifs is 1. The molecule has 0 aliphatic heterocycles. The summed E-state index contributed by atoms with van der Waals surface area (Å²) in [6, 6.07) is 5.14. The van der Waals surface area contributed by atoms with Crippen molar-refractivity contribution >= 4 is 10.9 Å². The molecule has 0 radical (unpaired) electrons. The van der Waals surface area contributed by atoms with Gasteiger partial charge in [0, 0.05) is 10.5 Å². The van der Waals surface area contributed by atoms with E-state index in [1.807, 2.05) is 0 Å². The number of nitrogens with zero attached hydrogens (tertiary/aromatic N) is 4. The molecule has 82 valence electrons. The minimum atomic E-state index is -0.200. The van der Waals surface area contributed by atoms with Crippen LogP contribution in [0, 0.1) is 11.8 Å². The second kappa shape index (κ2) is 4.84. The van der Waals surface area contributed by atoms with Gasteiger partial charge in [0.15, 0.2) is 0 Å². The van der Waals surface area contributed by atoms with Gasteiger partial charge in [0.05, 0.1) is 23.8 Å². The average Bonchev–Trinajstić information content (AvgIpc) is 2.36. The fourth-order valence-corrected chi connectivity index (χ4v) is 1.36. The maximum absolute atomic E-state index is 11.5. The molecule has 0 bridgehead atoms. The van der Waals surface area contributed by atoms with Crippen molar-refractivity contribution in [1.29, 1.82) is 0 Å². The van der Waals surface area contributed by atoms with Gasteiger partial charge in [-0.2, -0.15) is 0 Å². The third kappa shape index (κ3) is 2.43. The van der Waals surface area contributed by atoms with E-state index in [4.69, 9.17) is 5.53 Å². The number of nitrogens with one attached hydrogen (secondary N) is 1. The summed E-state index contributed by atoms with van der Waals surface area (Å²) < 4.78 is 0. The van der Waals surface area contributed by atoms with E-state index in [2.05, 4.69) is 31.8 Å². The van der Waals surface area contributed by atoms with Crippen LogP contribution >= 0.6 is 0 Å². The molecule has 0 unspecified atom stereocenters. The molecular formula is C11H7N5O. The summed E-state index contributed by atoms with van der Waals surface area (Å²) in [7, 11) is 0. The maximum atomic E-state index is 11.5. The van der Waals surface area contributed by atoms with Gasteiger partial charge < -0.3 is 4.98 Å². The van der Waals surface area contributed by atoms with Crippen LogP contribution in [0.2, 0.25) is 0 Å². The molecule has 0 saturated carbocycles. The van der Waals surface area contributed by atoms with Crippen molar-refractivity contribution in [1.82, 2.24) is 9.97 Å². The number of aromatic amines is 1. The number of hydrogen-bond acceptors (Lipinski definition) is 3. The van der Waals surface area contributed by atoms with Gasteiger partial charge in [-0.3, -0.25) is 4.79 Å². The SMILES string of the molecule is [N-]=[N+]=NCC#Cc1ccc2nc[nH]c(=O)c2c1. The van der Waals surface area contributed by atoms with E-state index in [1.54, 1.807) is 18.2 Å². The highest BCUT2D eigenvalue weighted by molar-refractivity contribution is 5.78. The van der Waals surface area contributed by atoms with E-state index in [0.717, 1.165) is 0 Å². The monoisotopic (exact) mass is 225 g/mol. The quantitative estimate of drug-likeness (QED) is 0.345. The Morgan fingerprint density at radius 3 is 3.24 bits per heavy atom. The molecule has 17 heavy (non-hydrogen) atoms. The molecule has 1 N–H and O–H groups in total. The Bertz CT molecular complexity index is 716. The normalized spacial score (nSPS) is 9.18. The van der Waals surface area contributed by atoms with Gasteiger partial charge >= 0.3 is 0 Å². The van der Waals surface area contributed by atoms with Gasteiger partial charge in [-0.15, -0.1) is 0 Å². The molecule has 0 aliphatic carbocycles. The number of benzene rings is 1. The zero-order valence-corrected chi connectivity index (χ0v) is 8.71. The summed E-state index contributed by atoms with van der Waals surface area (Å²) in [6.45, 7) is 0.109. The predicted molar refractivity (Wildman–Crippen MR) is 63.3 cm³/mol. The zero-order valence-electron chi connectivity index (χ0n) is 8.71. The third-order valence-corrected chi connectivity index (χ3v) is 2.09. The maximum Gasteiger partial charge on any atom is 0.258 e. The number of aromatic nitrogens is 2. The minimum Gasteiger partial charge on any atom is -0.313 e. The van der Waals surface area contributed by atoms with Gasteiger partial charge in [0.25, 0.3) is 5.56 Å². The second-order valence-corrected chi connectivity index (χ2v) is 3.15. The molecule has 0 saturated heterocycles. The molecular weight excluding hydrogens is 218 g/mol. The van der Waals surface area contributed by atoms with Gasteiger partial charge in [0.1, 0.15) is 0 Å². The molecule has 1 aromatic heterocycles. The highest BCUT2D eigenvalue weighted by Crippen LogP contribution is 2.07. The lowest BCUT2D eigenvalue weighted by Gasteiger charge is -1.95. The van der Waals surface area contributed by atoms with Crippen molar-refractivity contribution in [3.8, 4) is 11.8 Å². The number of hydrogen-bond donors (Lipinski definition) is 1. The molecule has 2 aromatic rings. The predicted octanol–water partition coefficient (Wildman–Crippen LogP) is 1.58. The molecule has 0 aliphatic rings. The first kappa shape index (κ1) is 10.7. The summed E-state index contributed by atoms with van der Waals surface area (Å²) in [4.78, 5) is 20.6. The van der Waals surface area contributed by atoms with Crippen LogP contribution in [0.1, 0.15) is 5.56 Å². The summed E-state index contributed by atoms with van der Waals surface area (Å²) >= 11 is 0. The molecule has 1 heterocycles. The Labute approximate surface area is 95.9 Å². The van der Waals surface area contributed by atoms with E-state index >= 15 is 0 Å². The number of azide groups is 1. The van der Waals surface area contributed by atoms with Crippen LogP contribution in [0.3, 0.4) is 0 Å². The van der Waals surface area contributed by atoms with Crippen LogP contribution in [-0.2, 0) is 0 Å². The third-order valence-electron chi connectivity index (χ3n) is 2.09. The lowest BCUT2D eigenvalue weighted by molar-refractivity contribution is 1.17. The van der Waals surface area contributed by atoms with E-state index in [-0.39, 0.29) is 12.1 Å². The van der Waals surface area contributed by atoms with Crippen molar-refractivity contribution < 1.29 is 0 Å². The first-order valence-corrected chi connectivity index (χ1v) is 4.78. The summed E-state index contributed by atoms with van der Waals surface area (Å²) in [5.41, 5.74) is 9.18. The fraction of sp³-hybridized carbons (Fsp3) is 0.0909. The molecule has 0 amide bonds. The van der Waals surface area contributed by atoms with Crippen LogP contribution in [0.5, 0.6) is 0 Å². The summed E-state index contributed by atoms with van der Waals surface area (Å²) in [5.74, 6) is 5.49. The topological polar surface area (TPSA) is 94.5 Å². The van der Waals surface area contributed by atoms with Gasteiger partial charge in [0.2, 0.25) is 0 Å². The molecule has 0 atom stereocenters. The standard InChI is InChI=1S/C11H7N5O/c12-16-15-5-1-2-8-3-4-10-9(6-8)11(17)14-7-13-10/h3-4,6-7H,5H2,(H,13,14,17). The lowest BCUT2D eigenvalue weighted by atomic mass is 10.1. The molecule has 0 fully saturated rings. The van der Waals surface area contributed by atoms with E-state index in [9.17, 15) is 4.79 Å². The van der Waals surface area contributed by atoms with Crippen molar-refractivity contribution in [2.24, 2.45) is 5.11 Å². The highest BCUT2D eigenvalue weighted by atomic mass is 16.1. The number of H-pyrrole nitrogens is 1. The van der Waals surface area contributed by atoms with E-state index in [1.165, 1.54) is 6.33 Å². The van der Waals surface area contributed by atoms with E-state index in [0.29, 0.717) is 16.5 Å². The first-order chi connectivity index (χ1) is 8.31. The van der Waals surface area contributed by atoms with Crippen LogP contribution in [-0.4, -0.2) is 16.5 Å². The highest BCUT2D eigenvalue weighted by Gasteiger charge is 1.98. The van der Waals surface area contributed by atoms with Crippen LogP contribution in [0.15, 0.2) is 34.4 Å². The van der Waals surface area contributed by atoms with Gasteiger partial charge in [-0.05, 0) is 23.7 Å². The molecule has 0 spiro atoms. The van der Waals surface area contributed by atoms with Crippen molar-refractivity contribution in [2.75, 3.05) is 6.54 Å².